The molecule has 0 aromatic carbocycles. The first kappa shape index (κ1) is 57.0. The van der Waals surface area contributed by atoms with Crippen LogP contribution in [0.3, 0.4) is 0 Å². The summed E-state index contributed by atoms with van der Waals surface area (Å²) >= 11 is 0. The van der Waals surface area contributed by atoms with E-state index < -0.39 is 65.8 Å². The van der Waals surface area contributed by atoms with Crippen molar-refractivity contribution in [3.63, 3.8) is 0 Å². The molecule has 366 valence electrons. The minimum absolute atomic E-state index is 0.0184. The topological polar surface area (TPSA) is 342 Å². The van der Waals surface area contributed by atoms with E-state index in [2.05, 4.69) is 26.6 Å². The number of imide groups is 1. The molecule has 0 saturated carbocycles. The lowest BCUT2D eigenvalue weighted by Gasteiger charge is -2.16. The maximum atomic E-state index is 12.2. The molecule has 0 fully saturated rings. The molecule has 0 spiro atoms. The fourth-order valence-electron chi connectivity index (χ4n) is 6.01. The highest BCUT2D eigenvalue weighted by molar-refractivity contribution is 6.12. The van der Waals surface area contributed by atoms with E-state index in [0.29, 0.717) is 98.9 Å². The molecule has 24 heteroatoms. The van der Waals surface area contributed by atoms with Gasteiger partial charge in [-0.05, 0) is 77.0 Å². The minimum atomic E-state index is -1.28. The van der Waals surface area contributed by atoms with Gasteiger partial charge < -0.3 is 31.7 Å². The van der Waals surface area contributed by atoms with Crippen molar-refractivity contribution in [2.24, 2.45) is 0 Å². The number of nitrogens with zero attached hydrogens (tertiary/aromatic N) is 4. The van der Waals surface area contributed by atoms with E-state index >= 15 is 0 Å². The van der Waals surface area contributed by atoms with E-state index in [9.17, 15) is 73.5 Å². The summed E-state index contributed by atoms with van der Waals surface area (Å²) in [6.07, 6.45) is 6.98. The van der Waals surface area contributed by atoms with Crippen LogP contribution in [0.15, 0.2) is 12.2 Å². The number of rotatable bonds is 36. The van der Waals surface area contributed by atoms with Crippen LogP contribution in [0.2, 0.25) is 0 Å². The molecule has 0 saturated heterocycles. The van der Waals surface area contributed by atoms with E-state index in [-0.39, 0.29) is 89.5 Å². The zero-order valence-electron chi connectivity index (χ0n) is 37.2. The van der Waals surface area contributed by atoms with E-state index in [1.165, 1.54) is 6.92 Å². The Morgan fingerprint density at radius 1 is 0.523 bits per heavy atom. The fraction of sp³-hybridized carbons (Fsp3) is 0.683. The van der Waals surface area contributed by atoms with Crippen molar-refractivity contribution in [3.8, 4) is 0 Å². The maximum Gasteiger partial charge on any atom is 0.326 e. The zero-order valence-corrected chi connectivity index (χ0v) is 37.2. The molecule has 0 aromatic heterocycles. The third-order valence-electron chi connectivity index (χ3n) is 9.86. The van der Waals surface area contributed by atoms with Crippen molar-refractivity contribution in [3.05, 3.63) is 12.2 Å². The highest BCUT2D eigenvalue weighted by atomic mass is 16.5. The molecule has 1 heterocycles. The number of carboxylic acids is 1. The van der Waals surface area contributed by atoms with Crippen molar-refractivity contribution in [2.75, 3.05) is 52.4 Å². The Morgan fingerprint density at radius 3 is 1.34 bits per heavy atom. The van der Waals surface area contributed by atoms with Crippen molar-refractivity contribution in [1.29, 1.82) is 0 Å². The van der Waals surface area contributed by atoms with Gasteiger partial charge in [-0.15, -0.1) is 0 Å². The van der Waals surface area contributed by atoms with Crippen LogP contribution in [0.5, 0.6) is 0 Å². The number of carbonyl (C=O) groups is 11. The Labute approximate surface area is 377 Å². The molecule has 65 heavy (non-hydrogen) atoms. The molecule has 1 rings (SSSR count). The van der Waals surface area contributed by atoms with Gasteiger partial charge in [0.05, 0.1) is 6.54 Å². The number of nitrogens with one attached hydrogen (secondary N) is 5. The predicted octanol–water partition coefficient (Wildman–Crippen LogP) is -0.359. The van der Waals surface area contributed by atoms with E-state index in [4.69, 9.17) is 0 Å². The standard InChI is InChI=1S/C41H67N9O15/c1-30(51)48(63)26-9-2-6-23-43-33(53)16-18-39(59)50(65)28-11-4-8-24-44-34(54)17-19-40(60)49(64)27-10-3-7-22-42-32(52)14-15-35(55)45-29-36(56)46-31(41(61)62)13-5-12-25-47-37(57)20-21-38(47)58/h20-21,31,63-65H,2-19,22-29H2,1H3,(H,42,52)(H,43,53)(H,44,54)(H,45,55)(H,46,56)(H,61,62)/t31-/m0/s1. The van der Waals surface area contributed by atoms with Gasteiger partial charge >= 0.3 is 5.97 Å². The maximum absolute atomic E-state index is 12.2. The number of aliphatic carboxylic acids is 1. The minimum Gasteiger partial charge on any atom is -0.480 e. The third-order valence-corrected chi connectivity index (χ3v) is 9.86. The fourth-order valence-corrected chi connectivity index (χ4v) is 6.01. The smallest absolute Gasteiger partial charge is 0.326 e. The number of amides is 10. The first-order chi connectivity index (χ1) is 30.9. The SMILES string of the molecule is CC(=O)N(O)CCCCCNC(=O)CCC(=O)N(O)CCCCCNC(=O)CCC(=O)N(O)CCCCCNC(=O)CCC(=O)NCC(=O)N[C@@H](CCCCN1C(=O)C=CC1=O)C(=O)O. The van der Waals surface area contributed by atoms with Crippen molar-refractivity contribution in [1.82, 2.24) is 46.7 Å². The van der Waals surface area contributed by atoms with Crippen LogP contribution in [0.25, 0.3) is 0 Å². The van der Waals surface area contributed by atoms with Crippen LogP contribution in [-0.4, -0.2) is 164 Å². The van der Waals surface area contributed by atoms with Gasteiger partial charge in [0.1, 0.15) is 6.04 Å². The second-order valence-corrected chi connectivity index (χ2v) is 15.3. The van der Waals surface area contributed by atoms with Crippen LogP contribution >= 0.6 is 0 Å². The Hall–Kier alpha value is -6.01. The highest BCUT2D eigenvalue weighted by Crippen LogP contribution is 2.09. The highest BCUT2D eigenvalue weighted by Gasteiger charge is 2.24. The van der Waals surface area contributed by atoms with Gasteiger partial charge in [0.2, 0.25) is 47.3 Å². The Balaban J connectivity index is 2.04. The number of carbonyl (C=O) groups excluding carboxylic acids is 10. The molecule has 10 amide bonds. The van der Waals surface area contributed by atoms with Gasteiger partial charge in [-0.1, -0.05) is 0 Å². The van der Waals surface area contributed by atoms with Gasteiger partial charge in [0.15, 0.2) is 0 Å². The van der Waals surface area contributed by atoms with Gasteiger partial charge in [-0.3, -0.25) is 68.5 Å². The first-order valence-electron chi connectivity index (χ1n) is 22.0. The van der Waals surface area contributed by atoms with E-state index in [0.717, 1.165) is 17.1 Å². The summed E-state index contributed by atoms with van der Waals surface area (Å²) < 4.78 is 0. The van der Waals surface area contributed by atoms with Gasteiger partial charge in [-0.25, -0.2) is 20.0 Å². The Kier molecular flexibility index (Phi) is 29.4. The lowest BCUT2D eigenvalue weighted by molar-refractivity contribution is -0.166. The van der Waals surface area contributed by atoms with Gasteiger partial charge in [0, 0.05) is 103 Å². The molecule has 1 atom stereocenters. The van der Waals surface area contributed by atoms with Crippen LogP contribution in [0.1, 0.15) is 122 Å². The van der Waals surface area contributed by atoms with Crippen molar-refractivity contribution >= 4 is 65.0 Å². The van der Waals surface area contributed by atoms with Crippen molar-refractivity contribution in [2.45, 2.75) is 129 Å². The molecule has 1 aliphatic rings. The van der Waals surface area contributed by atoms with Crippen LogP contribution in [-0.2, 0) is 52.7 Å². The largest absolute Gasteiger partial charge is 0.480 e. The van der Waals surface area contributed by atoms with Crippen LogP contribution in [0.4, 0.5) is 0 Å². The number of hydrogen-bond donors (Lipinski definition) is 9. The Morgan fingerprint density at radius 2 is 0.923 bits per heavy atom. The van der Waals surface area contributed by atoms with Gasteiger partial charge in [0.25, 0.3) is 11.8 Å². The van der Waals surface area contributed by atoms with Crippen LogP contribution in [0, 0.1) is 0 Å². The lowest BCUT2D eigenvalue weighted by atomic mass is 10.1. The Bertz CT molecular complexity index is 1630. The normalized spacial score (nSPS) is 12.3. The monoisotopic (exact) mass is 925 g/mol. The average molecular weight is 926 g/mol. The zero-order chi connectivity index (χ0) is 48.6. The summed E-state index contributed by atoms with van der Waals surface area (Å²) in [5.74, 6) is -6.29. The number of hydroxylamine groups is 6. The molecule has 0 aromatic rings. The summed E-state index contributed by atoms with van der Waals surface area (Å²) in [4.78, 5) is 132. The van der Waals surface area contributed by atoms with Crippen molar-refractivity contribution < 1.29 is 73.5 Å². The molecule has 1 aliphatic heterocycles. The predicted molar refractivity (Wildman–Crippen MR) is 227 cm³/mol. The average Bonchev–Trinajstić information content (AvgIpc) is 3.59. The molecule has 0 bridgehead atoms. The number of carboxylic acid groups (broad SMARTS) is 1. The summed E-state index contributed by atoms with van der Waals surface area (Å²) in [6, 6.07) is -1.24. The van der Waals surface area contributed by atoms with Gasteiger partial charge in [-0.2, -0.15) is 0 Å². The third kappa shape index (κ3) is 27.7. The first-order valence-corrected chi connectivity index (χ1v) is 22.0. The van der Waals surface area contributed by atoms with Crippen LogP contribution < -0.4 is 26.6 Å². The summed E-state index contributed by atoms with van der Waals surface area (Å²) in [5, 5.41) is 53.1. The lowest BCUT2D eigenvalue weighted by Crippen LogP contribution is -2.45. The quantitative estimate of drug-likeness (QED) is 0.0168. The van der Waals surface area contributed by atoms with E-state index in [1.54, 1.807) is 0 Å². The molecular formula is C41H67N9O15. The molecule has 0 unspecified atom stereocenters. The summed E-state index contributed by atoms with van der Waals surface area (Å²) in [5.41, 5.74) is 0. The second-order valence-electron chi connectivity index (χ2n) is 15.3. The number of hydrogen-bond acceptors (Lipinski definition) is 14. The number of unbranched alkanes of at least 4 members (excludes halogenated alkanes) is 7. The molecule has 0 aliphatic carbocycles. The molecular weight excluding hydrogens is 858 g/mol. The molecule has 9 N–H and O–H groups in total. The summed E-state index contributed by atoms with van der Waals surface area (Å²) in [6.45, 7) is 2.12. The second kappa shape index (κ2) is 33.5. The molecule has 0 radical (unpaired) electrons. The van der Waals surface area contributed by atoms with E-state index in [1.807, 2.05) is 0 Å². The summed E-state index contributed by atoms with van der Waals surface area (Å²) in [7, 11) is 0. The molecule has 24 nitrogen and oxygen atoms in total.